The topological polar surface area (TPSA) is 49.3 Å². The molecule has 3 nitrogen and oxygen atoms in total. The molecule has 0 aliphatic heterocycles. The van der Waals surface area contributed by atoms with E-state index in [0.717, 1.165) is 18.8 Å². The van der Waals surface area contributed by atoms with Crippen LogP contribution in [0.1, 0.15) is 19.8 Å². The third-order valence-electron chi connectivity index (χ3n) is 1.09. The molecule has 2 N–H and O–H groups in total. The maximum atomic E-state index is 10.1. The molecule has 0 spiro atoms. The van der Waals surface area contributed by atoms with Crippen LogP contribution in [0, 0.1) is 0 Å². The van der Waals surface area contributed by atoms with E-state index in [1.54, 1.807) is 11.8 Å². The van der Waals surface area contributed by atoms with Gasteiger partial charge in [-0.15, -0.1) is 11.8 Å². The van der Waals surface area contributed by atoms with E-state index >= 15 is 0 Å². The van der Waals surface area contributed by atoms with Crippen LogP contribution in [0.25, 0.3) is 0 Å². The van der Waals surface area contributed by atoms with Gasteiger partial charge in [-0.1, -0.05) is 6.92 Å². The Morgan fingerprint density at radius 1 is 1.64 bits per heavy atom. The van der Waals surface area contributed by atoms with E-state index in [2.05, 4.69) is 12.2 Å². The normalized spacial score (nSPS) is 9.91. The Morgan fingerprint density at radius 2 is 2.36 bits per heavy atom. The highest BCUT2D eigenvalue weighted by Crippen LogP contribution is 1.99. The molecule has 4 heteroatoms. The minimum absolute atomic E-state index is 0.262. The van der Waals surface area contributed by atoms with Gasteiger partial charge in [0.25, 0.3) is 0 Å². The number of carbonyl (C=O) groups is 1. The van der Waals surface area contributed by atoms with Crippen molar-refractivity contribution < 1.29 is 9.90 Å². The van der Waals surface area contributed by atoms with Crippen LogP contribution in [0.3, 0.4) is 0 Å². The number of nitrogens with one attached hydrogen (secondary N) is 1. The van der Waals surface area contributed by atoms with Crippen molar-refractivity contribution in [3.8, 4) is 0 Å². The van der Waals surface area contributed by atoms with Gasteiger partial charge >= 0.3 is 5.97 Å². The van der Waals surface area contributed by atoms with Crippen LogP contribution < -0.4 is 5.32 Å². The van der Waals surface area contributed by atoms with Crippen LogP contribution in [0.2, 0.25) is 0 Å². The number of hydrogen-bond donors (Lipinski definition) is 2. The van der Waals surface area contributed by atoms with Crippen LogP contribution in [0.5, 0.6) is 0 Å². The summed E-state index contributed by atoms with van der Waals surface area (Å²) in [5, 5.41) is 11.5. The van der Waals surface area contributed by atoms with Crippen LogP contribution in [0.15, 0.2) is 0 Å². The molecule has 0 saturated carbocycles. The molecule has 0 aromatic rings. The monoisotopic (exact) mass is 177 g/mol. The van der Waals surface area contributed by atoms with E-state index in [9.17, 15) is 4.79 Å². The van der Waals surface area contributed by atoms with Gasteiger partial charge in [-0.05, 0) is 13.0 Å². The lowest BCUT2D eigenvalue weighted by Crippen LogP contribution is -2.13. The van der Waals surface area contributed by atoms with Gasteiger partial charge in [0.1, 0.15) is 0 Å². The summed E-state index contributed by atoms with van der Waals surface area (Å²) in [5.74, 6) is 0.848. The highest BCUT2D eigenvalue weighted by Gasteiger charge is 1.94. The van der Waals surface area contributed by atoms with Crippen molar-refractivity contribution in [3.63, 3.8) is 0 Å². The minimum Gasteiger partial charge on any atom is -0.481 e. The van der Waals surface area contributed by atoms with Crippen LogP contribution >= 0.6 is 11.8 Å². The first kappa shape index (κ1) is 10.8. The molecule has 0 fully saturated rings. The summed E-state index contributed by atoms with van der Waals surface area (Å²) in [4.78, 5) is 10.1. The van der Waals surface area contributed by atoms with Crippen molar-refractivity contribution in [2.45, 2.75) is 19.8 Å². The van der Waals surface area contributed by atoms with Crippen molar-refractivity contribution >= 4 is 17.7 Å². The molecule has 0 heterocycles. The molecule has 11 heavy (non-hydrogen) atoms. The summed E-state index contributed by atoms with van der Waals surface area (Å²) in [5.41, 5.74) is 0. The Labute approximate surface area is 71.6 Å². The summed E-state index contributed by atoms with van der Waals surface area (Å²) < 4.78 is 0. The first-order chi connectivity index (χ1) is 5.27. The fourth-order valence-electron chi connectivity index (χ4n) is 0.553. The Bertz CT molecular complexity index is 109. The molecule has 0 bridgehead atoms. The summed E-state index contributed by atoms with van der Waals surface area (Å²) in [6, 6.07) is 0. The predicted molar refractivity (Wildman–Crippen MR) is 47.9 cm³/mol. The molecule has 0 aliphatic carbocycles. The number of carboxylic acids is 1. The zero-order valence-corrected chi connectivity index (χ0v) is 7.62. The SMILES string of the molecule is CCCNCSCCC(=O)O. The predicted octanol–water partition coefficient (Wildman–Crippen LogP) is 1.15. The van der Waals surface area contributed by atoms with Crippen LogP contribution in [-0.4, -0.2) is 29.3 Å². The first-order valence-corrected chi connectivity index (χ1v) is 4.93. The molecular formula is C7H15NO2S. The van der Waals surface area contributed by atoms with E-state index < -0.39 is 5.97 Å². The Balaban J connectivity index is 2.85. The third kappa shape index (κ3) is 9.78. The highest BCUT2D eigenvalue weighted by atomic mass is 32.2. The molecule has 0 radical (unpaired) electrons. The van der Waals surface area contributed by atoms with E-state index in [1.165, 1.54) is 0 Å². The summed E-state index contributed by atoms with van der Waals surface area (Å²) in [6.07, 6.45) is 1.39. The second-order valence-electron chi connectivity index (χ2n) is 2.20. The molecule has 0 atom stereocenters. The van der Waals surface area contributed by atoms with Gasteiger partial charge in [0.05, 0.1) is 6.42 Å². The number of hydrogen-bond acceptors (Lipinski definition) is 3. The fourth-order valence-corrected chi connectivity index (χ4v) is 1.30. The summed E-state index contributed by atoms with van der Waals surface area (Å²) in [6.45, 7) is 3.12. The lowest BCUT2D eigenvalue weighted by Gasteiger charge is -2.00. The van der Waals surface area contributed by atoms with Crippen molar-refractivity contribution in [2.75, 3.05) is 18.2 Å². The van der Waals surface area contributed by atoms with E-state index in [-0.39, 0.29) is 6.42 Å². The summed E-state index contributed by atoms with van der Waals surface area (Å²) in [7, 11) is 0. The quantitative estimate of drug-likeness (QED) is 0.452. The van der Waals surface area contributed by atoms with Gasteiger partial charge in [-0.25, -0.2) is 0 Å². The number of aliphatic carboxylic acids is 1. The number of rotatable bonds is 7. The van der Waals surface area contributed by atoms with Gasteiger partial charge < -0.3 is 10.4 Å². The second kappa shape index (κ2) is 7.88. The average molecular weight is 177 g/mol. The summed E-state index contributed by atoms with van der Waals surface area (Å²) >= 11 is 1.63. The van der Waals surface area contributed by atoms with E-state index in [0.29, 0.717) is 5.75 Å². The van der Waals surface area contributed by atoms with Gasteiger partial charge in [0.15, 0.2) is 0 Å². The second-order valence-corrected chi connectivity index (χ2v) is 3.30. The first-order valence-electron chi connectivity index (χ1n) is 3.77. The van der Waals surface area contributed by atoms with Crippen LogP contribution in [-0.2, 0) is 4.79 Å². The third-order valence-corrected chi connectivity index (χ3v) is 1.99. The maximum Gasteiger partial charge on any atom is 0.304 e. The lowest BCUT2D eigenvalue weighted by atomic mass is 10.5. The average Bonchev–Trinajstić information content (AvgIpc) is 1.96. The highest BCUT2D eigenvalue weighted by molar-refractivity contribution is 7.99. The molecule has 0 rings (SSSR count). The molecular weight excluding hydrogens is 162 g/mol. The molecule has 0 amide bonds. The molecule has 0 aliphatic rings. The number of carboxylic acid groups (broad SMARTS) is 1. The van der Waals surface area contributed by atoms with Crippen molar-refractivity contribution in [2.24, 2.45) is 0 Å². The van der Waals surface area contributed by atoms with Crippen LogP contribution in [0.4, 0.5) is 0 Å². The molecule has 66 valence electrons. The number of thioether (sulfide) groups is 1. The standard InChI is InChI=1S/C7H15NO2S/c1-2-4-8-6-11-5-3-7(9)10/h8H,2-6H2,1H3,(H,9,10). The lowest BCUT2D eigenvalue weighted by molar-refractivity contribution is -0.136. The zero-order chi connectivity index (χ0) is 8.53. The minimum atomic E-state index is -0.715. The molecule has 0 unspecified atom stereocenters. The zero-order valence-electron chi connectivity index (χ0n) is 6.80. The largest absolute Gasteiger partial charge is 0.481 e. The van der Waals surface area contributed by atoms with E-state index in [1.807, 2.05) is 0 Å². The molecule has 0 saturated heterocycles. The smallest absolute Gasteiger partial charge is 0.304 e. The Hall–Kier alpha value is -0.220. The van der Waals surface area contributed by atoms with Gasteiger partial charge in [0.2, 0.25) is 0 Å². The van der Waals surface area contributed by atoms with Crippen molar-refractivity contribution in [3.05, 3.63) is 0 Å². The van der Waals surface area contributed by atoms with Gasteiger partial charge in [-0.3, -0.25) is 4.79 Å². The molecule has 0 aromatic heterocycles. The van der Waals surface area contributed by atoms with E-state index in [4.69, 9.17) is 5.11 Å². The fraction of sp³-hybridized carbons (Fsp3) is 0.857. The van der Waals surface area contributed by atoms with Crippen molar-refractivity contribution in [1.82, 2.24) is 5.32 Å². The van der Waals surface area contributed by atoms with Gasteiger partial charge in [-0.2, -0.15) is 0 Å². The maximum absolute atomic E-state index is 10.1. The van der Waals surface area contributed by atoms with Gasteiger partial charge in [0, 0.05) is 11.6 Å². The Kier molecular flexibility index (Phi) is 7.72. The molecule has 0 aromatic carbocycles. The Morgan fingerprint density at radius 3 is 2.91 bits per heavy atom. The van der Waals surface area contributed by atoms with Crippen molar-refractivity contribution in [1.29, 1.82) is 0 Å².